The molecule has 0 saturated carbocycles. The molecule has 0 spiro atoms. The summed E-state index contributed by atoms with van der Waals surface area (Å²) in [7, 11) is 1.62. The van der Waals surface area contributed by atoms with Gasteiger partial charge in [-0.1, -0.05) is 24.3 Å². The van der Waals surface area contributed by atoms with Crippen molar-refractivity contribution >= 4 is 34.0 Å². The van der Waals surface area contributed by atoms with E-state index in [1.165, 1.54) is 22.5 Å². The summed E-state index contributed by atoms with van der Waals surface area (Å²) in [6, 6.07) is 14.8. The maximum Gasteiger partial charge on any atom is 0.325 e. The minimum atomic E-state index is -1.16. The predicted octanol–water partition coefficient (Wildman–Crippen LogP) is 4.53. The number of hydrogen-bond acceptors (Lipinski definition) is 6. The number of hydrogen-bond donors (Lipinski definition) is 1. The van der Waals surface area contributed by atoms with E-state index in [0.717, 1.165) is 21.4 Å². The number of nitrogens with zero attached hydrogens (tertiary/aromatic N) is 2. The molecule has 1 aliphatic rings. The smallest absolute Gasteiger partial charge is 0.325 e. The molecule has 1 atom stereocenters. The van der Waals surface area contributed by atoms with Crippen molar-refractivity contribution < 1.29 is 18.7 Å². The molecule has 3 heterocycles. The molecule has 5 rings (SSSR count). The lowest BCUT2D eigenvalue weighted by Gasteiger charge is -2.22. The highest BCUT2D eigenvalue weighted by Crippen LogP contribution is 2.33. The zero-order chi connectivity index (χ0) is 21.6. The largest absolute Gasteiger partial charge is 0.497 e. The molecule has 0 radical (unpaired) electrons. The molecular formula is C23H19N3O4S. The Morgan fingerprint density at radius 1 is 1.16 bits per heavy atom. The third-order valence-corrected chi connectivity index (χ3v) is 6.36. The highest BCUT2D eigenvalue weighted by molar-refractivity contribution is 7.13. The van der Waals surface area contributed by atoms with Gasteiger partial charge in [0.2, 0.25) is 5.89 Å². The second-order valence-corrected chi connectivity index (χ2v) is 8.44. The van der Waals surface area contributed by atoms with Crippen LogP contribution < -0.4 is 10.1 Å². The number of carbonyl (C=O) groups is 2. The van der Waals surface area contributed by atoms with E-state index in [-0.39, 0.29) is 12.5 Å². The van der Waals surface area contributed by atoms with Gasteiger partial charge in [-0.2, -0.15) is 0 Å². The van der Waals surface area contributed by atoms with Crippen molar-refractivity contribution in [1.29, 1.82) is 0 Å². The fraction of sp³-hybridized carbons (Fsp3) is 0.174. The topological polar surface area (TPSA) is 84.7 Å². The first-order valence-electron chi connectivity index (χ1n) is 9.68. The zero-order valence-corrected chi connectivity index (χ0v) is 17.7. The van der Waals surface area contributed by atoms with E-state index in [9.17, 15) is 9.59 Å². The molecule has 4 aromatic rings. The molecule has 1 saturated heterocycles. The fourth-order valence-electron chi connectivity index (χ4n) is 3.75. The molecule has 0 aliphatic carbocycles. The van der Waals surface area contributed by atoms with Crippen molar-refractivity contribution in [3.63, 3.8) is 0 Å². The first kappa shape index (κ1) is 19.3. The van der Waals surface area contributed by atoms with Crippen LogP contribution in [0.15, 0.2) is 64.6 Å². The van der Waals surface area contributed by atoms with Crippen LogP contribution in [0.2, 0.25) is 0 Å². The van der Waals surface area contributed by atoms with Gasteiger partial charge in [0.25, 0.3) is 5.91 Å². The molecular weight excluding hydrogens is 414 g/mol. The van der Waals surface area contributed by atoms with E-state index < -0.39 is 11.6 Å². The molecule has 3 amide bonds. The number of fused-ring (bicyclic) bond motifs is 1. The molecule has 1 aliphatic heterocycles. The van der Waals surface area contributed by atoms with E-state index in [2.05, 4.69) is 10.3 Å². The Labute approximate surface area is 182 Å². The molecule has 1 N–H and O–H groups in total. The second kappa shape index (κ2) is 7.24. The summed E-state index contributed by atoms with van der Waals surface area (Å²) in [4.78, 5) is 32.4. The zero-order valence-electron chi connectivity index (χ0n) is 16.9. The summed E-state index contributed by atoms with van der Waals surface area (Å²) >= 11 is 1.51. The summed E-state index contributed by atoms with van der Waals surface area (Å²) < 4.78 is 10.8. The maximum atomic E-state index is 13.3. The summed E-state index contributed by atoms with van der Waals surface area (Å²) in [5, 5.41) is 6.72. The summed E-state index contributed by atoms with van der Waals surface area (Å²) in [5.41, 5.74) is 0.0677. The number of rotatable bonds is 5. The lowest BCUT2D eigenvalue weighted by atomic mass is 9.90. The molecule has 8 heteroatoms. The SMILES string of the molecule is COc1ccc2cc(C3(C)NC(=O)N(Cc4coc(-c5cccs5)n4)C3=O)ccc2c1. The number of imide groups is 1. The van der Waals surface area contributed by atoms with Crippen LogP contribution in [0.5, 0.6) is 5.75 Å². The molecule has 156 valence electrons. The highest BCUT2D eigenvalue weighted by Gasteiger charge is 2.49. The maximum absolute atomic E-state index is 13.3. The second-order valence-electron chi connectivity index (χ2n) is 7.50. The van der Waals surface area contributed by atoms with Gasteiger partial charge < -0.3 is 14.5 Å². The number of ether oxygens (including phenoxy) is 1. The van der Waals surface area contributed by atoms with Crippen molar-refractivity contribution in [3.05, 3.63) is 71.4 Å². The van der Waals surface area contributed by atoms with Crippen molar-refractivity contribution in [2.75, 3.05) is 7.11 Å². The normalized spacial score (nSPS) is 18.6. The highest BCUT2D eigenvalue weighted by atomic mass is 32.1. The predicted molar refractivity (Wildman–Crippen MR) is 117 cm³/mol. The molecule has 1 unspecified atom stereocenters. The standard InChI is InChI=1S/C23H19N3O4S/c1-23(16-7-5-15-11-18(29-2)8-6-14(15)10-16)21(27)26(22(28)25-23)12-17-13-30-20(24-17)19-4-3-9-31-19/h3-11,13H,12H2,1-2H3,(H,25,28). The van der Waals surface area contributed by atoms with Gasteiger partial charge in [0.05, 0.1) is 24.2 Å². The molecule has 0 bridgehead atoms. The number of urea groups is 1. The summed E-state index contributed by atoms with van der Waals surface area (Å²) in [5.74, 6) is 0.910. The van der Waals surface area contributed by atoms with Crippen LogP contribution >= 0.6 is 11.3 Å². The molecule has 2 aromatic carbocycles. The Bertz CT molecular complexity index is 1300. The third-order valence-electron chi connectivity index (χ3n) is 5.50. The van der Waals surface area contributed by atoms with Crippen LogP contribution in [-0.4, -0.2) is 28.9 Å². The first-order chi connectivity index (χ1) is 15.0. The quantitative estimate of drug-likeness (QED) is 0.468. The van der Waals surface area contributed by atoms with Crippen LogP contribution in [0.25, 0.3) is 21.5 Å². The Kier molecular flexibility index (Phi) is 4.51. The average Bonchev–Trinajstić information content (AvgIpc) is 3.51. The monoisotopic (exact) mass is 433 g/mol. The van der Waals surface area contributed by atoms with Crippen LogP contribution in [0.1, 0.15) is 18.2 Å². The van der Waals surface area contributed by atoms with Gasteiger partial charge in [0, 0.05) is 0 Å². The van der Waals surface area contributed by atoms with Gasteiger partial charge in [0.1, 0.15) is 17.6 Å². The van der Waals surface area contributed by atoms with Crippen molar-refractivity contribution in [3.8, 4) is 16.5 Å². The van der Waals surface area contributed by atoms with Gasteiger partial charge in [0.15, 0.2) is 0 Å². The number of carbonyl (C=O) groups excluding carboxylic acids is 2. The van der Waals surface area contributed by atoms with E-state index in [0.29, 0.717) is 17.1 Å². The van der Waals surface area contributed by atoms with Gasteiger partial charge >= 0.3 is 6.03 Å². The van der Waals surface area contributed by atoms with Crippen molar-refractivity contribution in [2.45, 2.75) is 19.0 Å². The average molecular weight is 433 g/mol. The van der Waals surface area contributed by atoms with E-state index in [1.54, 1.807) is 14.0 Å². The van der Waals surface area contributed by atoms with E-state index in [1.807, 2.05) is 53.9 Å². The fourth-order valence-corrected chi connectivity index (χ4v) is 4.41. The van der Waals surface area contributed by atoms with Gasteiger partial charge in [-0.25, -0.2) is 9.78 Å². The third kappa shape index (κ3) is 3.25. The van der Waals surface area contributed by atoms with Crippen LogP contribution in [0, 0.1) is 0 Å². The Hall–Kier alpha value is -3.65. The number of oxazole rings is 1. The number of thiophene rings is 1. The Balaban J connectivity index is 1.42. The van der Waals surface area contributed by atoms with Gasteiger partial charge in [-0.15, -0.1) is 11.3 Å². The number of nitrogens with one attached hydrogen (secondary N) is 1. The Morgan fingerprint density at radius 2 is 1.97 bits per heavy atom. The lowest BCUT2D eigenvalue weighted by Crippen LogP contribution is -2.40. The van der Waals surface area contributed by atoms with Crippen molar-refractivity contribution in [1.82, 2.24) is 15.2 Å². The van der Waals surface area contributed by atoms with Crippen LogP contribution in [0.4, 0.5) is 4.79 Å². The van der Waals surface area contributed by atoms with Gasteiger partial charge in [-0.05, 0) is 52.9 Å². The van der Waals surface area contributed by atoms with Crippen LogP contribution in [0.3, 0.4) is 0 Å². The summed E-state index contributed by atoms with van der Waals surface area (Å²) in [6.07, 6.45) is 1.48. The van der Waals surface area contributed by atoms with Crippen LogP contribution in [-0.2, 0) is 16.9 Å². The number of aromatic nitrogens is 1. The van der Waals surface area contributed by atoms with E-state index >= 15 is 0 Å². The minimum absolute atomic E-state index is 0.0416. The molecule has 31 heavy (non-hydrogen) atoms. The van der Waals surface area contributed by atoms with Crippen molar-refractivity contribution in [2.24, 2.45) is 0 Å². The number of methoxy groups -OCH3 is 1. The number of amides is 3. The molecule has 2 aromatic heterocycles. The molecule has 1 fully saturated rings. The molecule has 7 nitrogen and oxygen atoms in total. The first-order valence-corrected chi connectivity index (χ1v) is 10.6. The minimum Gasteiger partial charge on any atom is -0.497 e. The summed E-state index contributed by atoms with van der Waals surface area (Å²) in [6.45, 7) is 1.76. The van der Waals surface area contributed by atoms with E-state index in [4.69, 9.17) is 9.15 Å². The lowest BCUT2D eigenvalue weighted by molar-refractivity contribution is -0.131. The van der Waals surface area contributed by atoms with Gasteiger partial charge in [-0.3, -0.25) is 9.69 Å². The Morgan fingerprint density at radius 3 is 2.74 bits per heavy atom. The number of benzene rings is 2.